The Bertz CT molecular complexity index is 242. The van der Waals surface area contributed by atoms with E-state index >= 15 is 0 Å². The van der Waals surface area contributed by atoms with Gasteiger partial charge in [0.05, 0.1) is 0 Å². The molecular weight excluding hydrogens is 268 g/mol. The lowest BCUT2D eigenvalue weighted by Crippen LogP contribution is -1.95. The molecule has 0 aliphatic heterocycles. The zero-order valence-electron chi connectivity index (χ0n) is 15.3. The predicted molar refractivity (Wildman–Crippen MR) is 100 cm³/mol. The highest BCUT2D eigenvalue weighted by molar-refractivity contribution is 4.92. The van der Waals surface area contributed by atoms with E-state index in [9.17, 15) is 0 Å². The zero-order chi connectivity index (χ0) is 16.1. The fourth-order valence-corrected chi connectivity index (χ4v) is 2.44. The first kappa shape index (κ1) is 21.4. The van der Waals surface area contributed by atoms with Crippen LogP contribution in [0.25, 0.3) is 0 Å². The third kappa shape index (κ3) is 19.4. The molecule has 0 rings (SSSR count). The average Bonchev–Trinajstić information content (AvgIpc) is 2.54. The smallest absolute Gasteiger partial charge is 0.0466 e. The molecule has 0 fully saturated rings. The van der Waals surface area contributed by atoms with Gasteiger partial charge in [0.15, 0.2) is 0 Å². The molecular formula is C21H40O. The maximum absolute atomic E-state index is 5.49. The molecule has 0 heterocycles. The molecule has 0 atom stereocenters. The number of hydrogen-bond donors (Lipinski definition) is 0. The van der Waals surface area contributed by atoms with E-state index in [1.54, 1.807) is 0 Å². The highest BCUT2D eigenvalue weighted by Crippen LogP contribution is 2.08. The van der Waals surface area contributed by atoms with E-state index in [4.69, 9.17) is 4.74 Å². The summed E-state index contributed by atoms with van der Waals surface area (Å²) in [4.78, 5) is 0. The number of hydrogen-bond acceptors (Lipinski definition) is 1. The molecule has 130 valence electrons. The second kappa shape index (κ2) is 20.4. The van der Waals surface area contributed by atoms with Crippen molar-refractivity contribution in [3.8, 4) is 0 Å². The fraction of sp³-hybridized carbons (Fsp3) is 0.810. The number of unbranched alkanes of at least 4 members (excludes halogenated alkanes) is 9. The van der Waals surface area contributed by atoms with Crippen LogP contribution in [-0.4, -0.2) is 13.2 Å². The summed E-state index contributed by atoms with van der Waals surface area (Å²) in [6, 6.07) is 0. The molecule has 0 aromatic heterocycles. The molecule has 0 saturated carbocycles. The third-order valence-corrected chi connectivity index (χ3v) is 3.84. The fourth-order valence-electron chi connectivity index (χ4n) is 2.44. The van der Waals surface area contributed by atoms with Crippen LogP contribution in [-0.2, 0) is 4.74 Å². The number of rotatable bonds is 17. The van der Waals surface area contributed by atoms with Crippen LogP contribution in [0.3, 0.4) is 0 Å². The second-order valence-corrected chi connectivity index (χ2v) is 6.20. The van der Waals surface area contributed by atoms with E-state index in [1.165, 1.54) is 70.6 Å². The van der Waals surface area contributed by atoms with Crippen LogP contribution in [0.1, 0.15) is 97.3 Å². The van der Waals surface area contributed by atoms with Gasteiger partial charge in [0.2, 0.25) is 0 Å². The molecule has 0 aromatic rings. The van der Waals surface area contributed by atoms with Crippen molar-refractivity contribution in [2.45, 2.75) is 97.3 Å². The van der Waals surface area contributed by atoms with Crippen LogP contribution < -0.4 is 0 Å². The topological polar surface area (TPSA) is 9.23 Å². The number of allylic oxidation sites excluding steroid dienone is 4. The highest BCUT2D eigenvalue weighted by Gasteiger charge is 1.91. The van der Waals surface area contributed by atoms with Crippen molar-refractivity contribution in [2.24, 2.45) is 0 Å². The molecule has 0 aliphatic rings. The van der Waals surface area contributed by atoms with Gasteiger partial charge in [0, 0.05) is 13.2 Å². The summed E-state index contributed by atoms with van der Waals surface area (Å²) in [5.41, 5.74) is 0. The third-order valence-electron chi connectivity index (χ3n) is 3.84. The van der Waals surface area contributed by atoms with Crippen molar-refractivity contribution in [3.63, 3.8) is 0 Å². The Balaban J connectivity index is 3.11. The van der Waals surface area contributed by atoms with Crippen molar-refractivity contribution < 1.29 is 4.74 Å². The Morgan fingerprint density at radius 3 is 1.77 bits per heavy atom. The van der Waals surface area contributed by atoms with Gasteiger partial charge in [-0.15, -0.1) is 0 Å². The lowest BCUT2D eigenvalue weighted by atomic mass is 10.1. The maximum atomic E-state index is 5.49. The normalized spacial score (nSPS) is 11.9. The summed E-state index contributed by atoms with van der Waals surface area (Å²) >= 11 is 0. The van der Waals surface area contributed by atoms with Crippen LogP contribution in [0.2, 0.25) is 0 Å². The molecule has 0 N–H and O–H groups in total. The maximum Gasteiger partial charge on any atom is 0.0466 e. The van der Waals surface area contributed by atoms with Crippen LogP contribution in [0.15, 0.2) is 24.3 Å². The molecule has 0 unspecified atom stereocenters. The molecule has 0 bridgehead atoms. The Labute approximate surface area is 140 Å². The summed E-state index contributed by atoms with van der Waals surface area (Å²) in [5, 5.41) is 0. The Morgan fingerprint density at radius 2 is 1.14 bits per heavy atom. The SMILES string of the molecule is CCCCCC=CC/C=C\CCCCCCCCOCCC. The van der Waals surface area contributed by atoms with Gasteiger partial charge in [-0.2, -0.15) is 0 Å². The molecule has 0 amide bonds. The summed E-state index contributed by atoms with van der Waals surface area (Å²) in [6.45, 7) is 6.32. The minimum absolute atomic E-state index is 0.931. The summed E-state index contributed by atoms with van der Waals surface area (Å²) in [7, 11) is 0. The monoisotopic (exact) mass is 308 g/mol. The molecule has 0 aliphatic carbocycles. The van der Waals surface area contributed by atoms with Crippen molar-refractivity contribution in [1.82, 2.24) is 0 Å². The number of ether oxygens (including phenoxy) is 1. The lowest BCUT2D eigenvalue weighted by molar-refractivity contribution is 0.130. The van der Waals surface area contributed by atoms with Gasteiger partial charge in [-0.05, 0) is 44.9 Å². The molecule has 0 aromatic carbocycles. The lowest BCUT2D eigenvalue weighted by Gasteiger charge is -2.02. The van der Waals surface area contributed by atoms with Crippen LogP contribution in [0.4, 0.5) is 0 Å². The van der Waals surface area contributed by atoms with Gasteiger partial charge in [-0.1, -0.05) is 76.7 Å². The van der Waals surface area contributed by atoms with E-state index in [2.05, 4.69) is 38.2 Å². The van der Waals surface area contributed by atoms with Gasteiger partial charge in [-0.25, -0.2) is 0 Å². The van der Waals surface area contributed by atoms with E-state index in [0.717, 1.165) is 26.1 Å². The van der Waals surface area contributed by atoms with E-state index < -0.39 is 0 Å². The first-order valence-corrected chi connectivity index (χ1v) is 9.79. The zero-order valence-corrected chi connectivity index (χ0v) is 15.3. The van der Waals surface area contributed by atoms with Crippen molar-refractivity contribution >= 4 is 0 Å². The molecule has 22 heavy (non-hydrogen) atoms. The van der Waals surface area contributed by atoms with E-state index in [1.807, 2.05) is 0 Å². The van der Waals surface area contributed by atoms with Crippen molar-refractivity contribution in [2.75, 3.05) is 13.2 Å². The molecule has 1 heteroatoms. The van der Waals surface area contributed by atoms with Crippen LogP contribution >= 0.6 is 0 Å². The predicted octanol–water partition coefficient (Wildman–Crippen LogP) is 7.23. The highest BCUT2D eigenvalue weighted by atomic mass is 16.5. The molecule has 0 radical (unpaired) electrons. The van der Waals surface area contributed by atoms with E-state index in [-0.39, 0.29) is 0 Å². The first-order chi connectivity index (χ1) is 10.9. The van der Waals surface area contributed by atoms with Crippen LogP contribution in [0, 0.1) is 0 Å². The van der Waals surface area contributed by atoms with Gasteiger partial charge in [-0.3, -0.25) is 0 Å². The quantitative estimate of drug-likeness (QED) is 0.203. The Kier molecular flexibility index (Phi) is 19.9. The van der Waals surface area contributed by atoms with Gasteiger partial charge < -0.3 is 4.74 Å². The summed E-state index contributed by atoms with van der Waals surface area (Å²) in [5.74, 6) is 0. The summed E-state index contributed by atoms with van der Waals surface area (Å²) in [6.07, 6.45) is 26.2. The van der Waals surface area contributed by atoms with Crippen LogP contribution in [0.5, 0.6) is 0 Å². The Hall–Kier alpha value is -0.560. The second-order valence-electron chi connectivity index (χ2n) is 6.20. The van der Waals surface area contributed by atoms with E-state index in [0.29, 0.717) is 0 Å². The largest absolute Gasteiger partial charge is 0.381 e. The van der Waals surface area contributed by atoms with Crippen molar-refractivity contribution in [3.05, 3.63) is 24.3 Å². The molecule has 1 nitrogen and oxygen atoms in total. The minimum Gasteiger partial charge on any atom is -0.381 e. The first-order valence-electron chi connectivity index (χ1n) is 9.79. The minimum atomic E-state index is 0.931. The van der Waals surface area contributed by atoms with Crippen molar-refractivity contribution in [1.29, 1.82) is 0 Å². The summed E-state index contributed by atoms with van der Waals surface area (Å²) < 4.78 is 5.49. The average molecular weight is 309 g/mol. The van der Waals surface area contributed by atoms with Gasteiger partial charge in [0.25, 0.3) is 0 Å². The molecule has 0 saturated heterocycles. The van der Waals surface area contributed by atoms with Gasteiger partial charge in [0.1, 0.15) is 0 Å². The Morgan fingerprint density at radius 1 is 0.545 bits per heavy atom. The standard InChI is InChI=1S/C21H40O/c1-3-5-6-7-8-9-10-11-12-13-14-15-16-17-18-19-21-22-20-4-2/h8-9,11-12H,3-7,10,13-21H2,1-2H3/b9-8?,12-11-. The van der Waals surface area contributed by atoms with Gasteiger partial charge >= 0.3 is 0 Å². The molecule has 0 spiro atoms.